The molecule has 1 aliphatic heterocycles. The molecule has 1 aromatic carbocycles. The number of hydrogen-bond acceptors (Lipinski definition) is 3. The van der Waals surface area contributed by atoms with Crippen molar-refractivity contribution in [2.45, 2.75) is 45.3 Å². The number of guanidine groups is 1. The molecule has 3 rings (SSSR count). The quantitative estimate of drug-likeness (QED) is 0.401. The first-order valence-corrected chi connectivity index (χ1v) is 9.57. The minimum absolute atomic E-state index is 0. The van der Waals surface area contributed by atoms with Crippen molar-refractivity contribution in [2.24, 2.45) is 10.9 Å². The lowest BCUT2D eigenvalue weighted by molar-refractivity contribution is -0.00839. The van der Waals surface area contributed by atoms with E-state index in [0.717, 1.165) is 44.9 Å². The molecule has 2 N–H and O–H groups in total. The summed E-state index contributed by atoms with van der Waals surface area (Å²) in [4.78, 5) is 7.13. The smallest absolute Gasteiger partial charge is 0.194 e. The molecule has 1 heterocycles. The number of hydrogen-bond donors (Lipinski definition) is 2. The number of benzene rings is 1. The average molecular weight is 473 g/mol. The number of aryl methyl sites for hydroxylation is 1. The van der Waals surface area contributed by atoms with Gasteiger partial charge in [-0.25, -0.2) is 0 Å². The van der Waals surface area contributed by atoms with Crippen molar-refractivity contribution in [3.05, 3.63) is 35.4 Å². The number of halogens is 1. The molecule has 26 heavy (non-hydrogen) atoms. The van der Waals surface area contributed by atoms with E-state index in [0.29, 0.717) is 19.1 Å². The van der Waals surface area contributed by atoms with Gasteiger partial charge in [0, 0.05) is 25.6 Å². The maximum Gasteiger partial charge on any atom is 0.194 e. The van der Waals surface area contributed by atoms with Gasteiger partial charge in [-0.2, -0.15) is 0 Å². The topological polar surface area (TPSA) is 57.1 Å². The van der Waals surface area contributed by atoms with Crippen molar-refractivity contribution < 1.29 is 9.84 Å². The standard InChI is InChI=1S/C20H31N3O2.HI/c1-3-21-20(22-13-16-8-6-10-18(16)24)23-11-12-25-19(14-23)17-9-5-4-7-15(17)2;/h4-5,7,9,16,18-19,24H,3,6,8,10-14H2,1-2H3,(H,21,22);1H. The Hall–Kier alpha value is -0.860. The van der Waals surface area contributed by atoms with Crippen LogP contribution in [0.4, 0.5) is 0 Å². The van der Waals surface area contributed by atoms with Crippen molar-refractivity contribution in [2.75, 3.05) is 32.8 Å². The summed E-state index contributed by atoms with van der Waals surface area (Å²) < 4.78 is 6.03. The van der Waals surface area contributed by atoms with Crippen molar-refractivity contribution in [1.29, 1.82) is 0 Å². The lowest BCUT2D eigenvalue weighted by Gasteiger charge is -2.36. The molecule has 0 radical (unpaired) electrons. The average Bonchev–Trinajstić information content (AvgIpc) is 3.04. The fraction of sp³-hybridized carbons (Fsp3) is 0.650. The van der Waals surface area contributed by atoms with Gasteiger partial charge in [0.15, 0.2) is 5.96 Å². The number of morpholine rings is 1. The van der Waals surface area contributed by atoms with Gasteiger partial charge in [-0.1, -0.05) is 30.7 Å². The molecule has 0 amide bonds. The van der Waals surface area contributed by atoms with Crippen LogP contribution in [0.2, 0.25) is 0 Å². The molecule has 0 spiro atoms. The van der Waals surface area contributed by atoms with Crippen LogP contribution in [0.15, 0.2) is 29.3 Å². The summed E-state index contributed by atoms with van der Waals surface area (Å²) in [5.41, 5.74) is 2.53. The number of nitrogens with zero attached hydrogens (tertiary/aromatic N) is 2. The van der Waals surface area contributed by atoms with E-state index in [2.05, 4.69) is 48.3 Å². The molecule has 0 bridgehead atoms. The Morgan fingerprint density at radius 2 is 2.15 bits per heavy atom. The summed E-state index contributed by atoms with van der Waals surface area (Å²) in [6, 6.07) is 8.43. The first-order chi connectivity index (χ1) is 12.2. The van der Waals surface area contributed by atoms with Gasteiger partial charge < -0.3 is 20.1 Å². The molecule has 6 heteroatoms. The minimum atomic E-state index is -0.184. The Morgan fingerprint density at radius 1 is 1.35 bits per heavy atom. The summed E-state index contributed by atoms with van der Waals surface area (Å²) >= 11 is 0. The highest BCUT2D eigenvalue weighted by Gasteiger charge is 2.27. The van der Waals surface area contributed by atoms with Gasteiger partial charge in [-0.3, -0.25) is 4.99 Å². The third-order valence-corrected chi connectivity index (χ3v) is 5.33. The fourth-order valence-corrected chi connectivity index (χ4v) is 3.84. The first-order valence-electron chi connectivity index (χ1n) is 9.57. The third-order valence-electron chi connectivity index (χ3n) is 5.33. The Labute approximate surface area is 174 Å². The number of aliphatic hydroxyl groups is 1. The van der Waals surface area contributed by atoms with Crippen LogP contribution in [0.25, 0.3) is 0 Å². The molecule has 146 valence electrons. The fourth-order valence-electron chi connectivity index (χ4n) is 3.84. The van der Waals surface area contributed by atoms with Crippen LogP contribution >= 0.6 is 24.0 Å². The molecule has 0 aromatic heterocycles. The molecule has 5 nitrogen and oxygen atoms in total. The summed E-state index contributed by atoms with van der Waals surface area (Å²) in [6.07, 6.45) is 3.01. The SMILES string of the molecule is CCNC(=NCC1CCCC1O)N1CCOC(c2ccccc2C)C1.I. The molecule has 1 saturated carbocycles. The second-order valence-electron chi connectivity index (χ2n) is 7.11. The van der Waals surface area contributed by atoms with Gasteiger partial charge in [0.1, 0.15) is 6.10 Å². The summed E-state index contributed by atoms with van der Waals surface area (Å²) in [6.45, 7) is 8.15. The highest BCUT2D eigenvalue weighted by Crippen LogP contribution is 2.27. The van der Waals surface area contributed by atoms with E-state index in [9.17, 15) is 5.11 Å². The van der Waals surface area contributed by atoms with E-state index in [4.69, 9.17) is 9.73 Å². The van der Waals surface area contributed by atoms with E-state index >= 15 is 0 Å². The normalized spacial score (nSPS) is 26.5. The lowest BCUT2D eigenvalue weighted by atomic mass is 10.0. The Balaban J connectivity index is 0.00000243. The van der Waals surface area contributed by atoms with Crippen LogP contribution in [0, 0.1) is 12.8 Å². The number of aliphatic hydroxyl groups excluding tert-OH is 1. The van der Waals surface area contributed by atoms with Crippen molar-refractivity contribution in [3.8, 4) is 0 Å². The van der Waals surface area contributed by atoms with Gasteiger partial charge in [0.25, 0.3) is 0 Å². The third kappa shape index (κ3) is 5.33. The predicted octanol–water partition coefficient (Wildman–Crippen LogP) is 3.11. The largest absolute Gasteiger partial charge is 0.393 e. The van der Waals surface area contributed by atoms with Crippen LogP contribution < -0.4 is 5.32 Å². The van der Waals surface area contributed by atoms with E-state index in [1.165, 1.54) is 11.1 Å². The van der Waals surface area contributed by atoms with Crippen LogP contribution in [0.1, 0.15) is 43.4 Å². The second kappa shape index (κ2) is 10.5. The molecule has 3 atom stereocenters. The summed E-state index contributed by atoms with van der Waals surface area (Å²) in [7, 11) is 0. The Kier molecular flexibility index (Phi) is 8.63. The Morgan fingerprint density at radius 3 is 2.85 bits per heavy atom. The minimum Gasteiger partial charge on any atom is -0.393 e. The van der Waals surface area contributed by atoms with Crippen LogP contribution in [-0.4, -0.2) is 54.9 Å². The van der Waals surface area contributed by atoms with Crippen LogP contribution in [0.3, 0.4) is 0 Å². The Bertz CT molecular complexity index is 596. The van der Waals surface area contributed by atoms with Gasteiger partial charge in [-0.15, -0.1) is 24.0 Å². The summed E-state index contributed by atoms with van der Waals surface area (Å²) in [5.74, 6) is 1.25. The maximum atomic E-state index is 10.0. The van der Waals surface area contributed by atoms with Crippen molar-refractivity contribution in [1.82, 2.24) is 10.2 Å². The molecule has 1 aliphatic carbocycles. The van der Waals surface area contributed by atoms with Crippen molar-refractivity contribution in [3.63, 3.8) is 0 Å². The molecule has 2 aliphatic rings. The van der Waals surface area contributed by atoms with Gasteiger partial charge >= 0.3 is 0 Å². The van der Waals surface area contributed by atoms with Crippen LogP contribution in [0.5, 0.6) is 0 Å². The van der Waals surface area contributed by atoms with Gasteiger partial charge in [0.2, 0.25) is 0 Å². The number of nitrogens with one attached hydrogen (secondary N) is 1. The molecular formula is C20H32IN3O2. The first kappa shape index (κ1) is 21.4. The number of ether oxygens (including phenoxy) is 1. The van der Waals surface area contributed by atoms with E-state index < -0.39 is 0 Å². The molecule has 3 unspecified atom stereocenters. The monoisotopic (exact) mass is 473 g/mol. The molecular weight excluding hydrogens is 441 g/mol. The summed E-state index contributed by atoms with van der Waals surface area (Å²) in [5, 5.41) is 13.5. The van der Waals surface area contributed by atoms with Gasteiger partial charge in [0.05, 0.1) is 19.3 Å². The molecule has 2 fully saturated rings. The maximum absolute atomic E-state index is 10.0. The molecule has 1 aromatic rings. The number of rotatable bonds is 4. The lowest BCUT2D eigenvalue weighted by Crippen LogP contribution is -2.48. The van der Waals surface area contributed by atoms with E-state index in [1.807, 2.05) is 0 Å². The van der Waals surface area contributed by atoms with E-state index in [-0.39, 0.29) is 36.2 Å². The van der Waals surface area contributed by atoms with Crippen LogP contribution in [-0.2, 0) is 4.74 Å². The highest BCUT2D eigenvalue weighted by molar-refractivity contribution is 14.0. The predicted molar refractivity (Wildman–Crippen MR) is 116 cm³/mol. The zero-order chi connectivity index (χ0) is 17.6. The zero-order valence-electron chi connectivity index (χ0n) is 15.9. The van der Waals surface area contributed by atoms with Gasteiger partial charge in [-0.05, 0) is 37.8 Å². The number of aliphatic imine (C=N–C) groups is 1. The second-order valence-corrected chi connectivity index (χ2v) is 7.11. The zero-order valence-corrected chi connectivity index (χ0v) is 18.2. The molecule has 1 saturated heterocycles. The highest BCUT2D eigenvalue weighted by atomic mass is 127. The van der Waals surface area contributed by atoms with Crippen molar-refractivity contribution >= 4 is 29.9 Å². The van der Waals surface area contributed by atoms with E-state index in [1.54, 1.807) is 0 Å².